The van der Waals surface area contributed by atoms with Gasteiger partial charge in [0, 0.05) is 6.04 Å². The molecule has 19 heavy (non-hydrogen) atoms. The molecule has 2 atom stereocenters. The van der Waals surface area contributed by atoms with E-state index in [4.69, 9.17) is 0 Å². The van der Waals surface area contributed by atoms with Gasteiger partial charge in [-0.05, 0) is 42.9 Å². The molecule has 0 aliphatic rings. The molecule has 1 rings (SSSR count). The quantitative estimate of drug-likeness (QED) is 0.651. The van der Waals surface area contributed by atoms with Gasteiger partial charge in [-0.15, -0.1) is 0 Å². The van der Waals surface area contributed by atoms with Gasteiger partial charge < -0.3 is 5.32 Å². The number of aryl methyl sites for hydroxylation is 1. The largest absolute Gasteiger partial charge is 0.310 e. The topological polar surface area (TPSA) is 12.0 Å². The first-order chi connectivity index (χ1) is 9.21. The second kappa shape index (κ2) is 9.14. The number of nitrogens with one attached hydrogen (secondary N) is 1. The second-order valence-electron chi connectivity index (χ2n) is 5.73. The highest BCUT2D eigenvalue weighted by Gasteiger charge is 2.14. The lowest BCUT2D eigenvalue weighted by atomic mass is 9.92. The van der Waals surface area contributed by atoms with E-state index in [1.807, 2.05) is 0 Å². The van der Waals surface area contributed by atoms with Gasteiger partial charge in [0.2, 0.25) is 0 Å². The summed E-state index contributed by atoms with van der Waals surface area (Å²) in [7, 11) is 0. The van der Waals surface area contributed by atoms with Gasteiger partial charge in [0.1, 0.15) is 0 Å². The van der Waals surface area contributed by atoms with Crippen molar-refractivity contribution >= 4 is 0 Å². The Morgan fingerprint density at radius 2 is 1.68 bits per heavy atom. The Bertz CT molecular complexity index is 328. The number of hydrogen-bond donors (Lipinski definition) is 1. The SMILES string of the molecule is CCCNC(CC(C)CCC)c1ccc(CC)cc1. The third-order valence-electron chi connectivity index (χ3n) is 3.85. The molecule has 0 fully saturated rings. The third-order valence-corrected chi connectivity index (χ3v) is 3.85. The average molecular weight is 261 g/mol. The van der Waals surface area contributed by atoms with Crippen LogP contribution in [-0.2, 0) is 6.42 Å². The van der Waals surface area contributed by atoms with Crippen LogP contribution in [0.1, 0.15) is 70.5 Å². The zero-order valence-electron chi connectivity index (χ0n) is 13.2. The number of benzene rings is 1. The summed E-state index contributed by atoms with van der Waals surface area (Å²) in [6.07, 6.45) is 6.19. The molecule has 0 aliphatic carbocycles. The Hall–Kier alpha value is -0.820. The summed E-state index contributed by atoms with van der Waals surface area (Å²) in [5, 5.41) is 3.71. The normalized spacial score (nSPS) is 14.3. The highest BCUT2D eigenvalue weighted by atomic mass is 14.9. The van der Waals surface area contributed by atoms with Gasteiger partial charge in [0.05, 0.1) is 0 Å². The van der Waals surface area contributed by atoms with E-state index in [9.17, 15) is 0 Å². The van der Waals surface area contributed by atoms with Crippen molar-refractivity contribution in [2.45, 2.75) is 65.8 Å². The van der Waals surface area contributed by atoms with Crippen molar-refractivity contribution < 1.29 is 0 Å². The molecule has 1 aromatic rings. The lowest BCUT2D eigenvalue weighted by molar-refractivity contribution is 0.390. The van der Waals surface area contributed by atoms with Crippen LogP contribution in [0.4, 0.5) is 0 Å². The molecular formula is C18H31N. The highest BCUT2D eigenvalue weighted by molar-refractivity contribution is 5.25. The summed E-state index contributed by atoms with van der Waals surface area (Å²) in [4.78, 5) is 0. The Kier molecular flexibility index (Phi) is 7.81. The molecule has 0 amide bonds. The van der Waals surface area contributed by atoms with Gasteiger partial charge in [-0.3, -0.25) is 0 Å². The fourth-order valence-corrected chi connectivity index (χ4v) is 2.65. The Labute approximate surface area is 119 Å². The fraction of sp³-hybridized carbons (Fsp3) is 0.667. The maximum atomic E-state index is 3.71. The van der Waals surface area contributed by atoms with Gasteiger partial charge >= 0.3 is 0 Å². The van der Waals surface area contributed by atoms with E-state index in [1.165, 1.54) is 36.8 Å². The van der Waals surface area contributed by atoms with Crippen LogP contribution in [0.2, 0.25) is 0 Å². The molecule has 0 aromatic heterocycles. The molecule has 0 saturated carbocycles. The van der Waals surface area contributed by atoms with Crippen LogP contribution in [0, 0.1) is 5.92 Å². The predicted molar refractivity (Wildman–Crippen MR) is 85.5 cm³/mol. The van der Waals surface area contributed by atoms with Crippen LogP contribution in [-0.4, -0.2) is 6.54 Å². The van der Waals surface area contributed by atoms with Crippen LogP contribution in [0.3, 0.4) is 0 Å². The molecule has 1 aromatic carbocycles. The van der Waals surface area contributed by atoms with Crippen molar-refractivity contribution in [1.29, 1.82) is 0 Å². The molecule has 0 bridgehead atoms. The first-order valence-electron chi connectivity index (χ1n) is 8.03. The van der Waals surface area contributed by atoms with Crippen molar-refractivity contribution in [2.75, 3.05) is 6.54 Å². The zero-order chi connectivity index (χ0) is 14.1. The summed E-state index contributed by atoms with van der Waals surface area (Å²) in [5.41, 5.74) is 2.88. The Morgan fingerprint density at radius 3 is 2.21 bits per heavy atom. The summed E-state index contributed by atoms with van der Waals surface area (Å²) < 4.78 is 0. The second-order valence-corrected chi connectivity index (χ2v) is 5.73. The van der Waals surface area contributed by atoms with E-state index in [0.717, 1.165) is 18.9 Å². The first kappa shape index (κ1) is 16.2. The predicted octanol–water partition coefficient (Wildman–Crippen LogP) is 5.12. The molecular weight excluding hydrogens is 230 g/mol. The van der Waals surface area contributed by atoms with Crippen molar-refractivity contribution in [3.63, 3.8) is 0 Å². The molecule has 0 spiro atoms. The maximum Gasteiger partial charge on any atom is 0.0322 e. The Morgan fingerprint density at radius 1 is 1.00 bits per heavy atom. The van der Waals surface area contributed by atoms with Crippen molar-refractivity contribution in [2.24, 2.45) is 5.92 Å². The molecule has 0 aliphatic heterocycles. The third kappa shape index (κ3) is 5.78. The number of hydrogen-bond acceptors (Lipinski definition) is 1. The summed E-state index contributed by atoms with van der Waals surface area (Å²) >= 11 is 0. The number of rotatable bonds is 9. The lowest BCUT2D eigenvalue weighted by Crippen LogP contribution is -2.24. The van der Waals surface area contributed by atoms with Gasteiger partial charge in [0.25, 0.3) is 0 Å². The van der Waals surface area contributed by atoms with Crippen LogP contribution < -0.4 is 5.32 Å². The minimum atomic E-state index is 0.521. The molecule has 1 N–H and O–H groups in total. The molecule has 0 saturated heterocycles. The molecule has 1 heteroatoms. The fourth-order valence-electron chi connectivity index (χ4n) is 2.65. The minimum absolute atomic E-state index is 0.521. The van der Waals surface area contributed by atoms with Crippen molar-refractivity contribution in [1.82, 2.24) is 5.32 Å². The summed E-state index contributed by atoms with van der Waals surface area (Å²) in [5.74, 6) is 0.796. The van der Waals surface area contributed by atoms with E-state index in [-0.39, 0.29) is 0 Å². The van der Waals surface area contributed by atoms with Gasteiger partial charge in [-0.2, -0.15) is 0 Å². The van der Waals surface area contributed by atoms with Gasteiger partial charge in [-0.25, -0.2) is 0 Å². The monoisotopic (exact) mass is 261 g/mol. The first-order valence-corrected chi connectivity index (χ1v) is 8.03. The van der Waals surface area contributed by atoms with Crippen molar-refractivity contribution in [3.8, 4) is 0 Å². The van der Waals surface area contributed by atoms with E-state index >= 15 is 0 Å². The van der Waals surface area contributed by atoms with Crippen LogP contribution in [0.25, 0.3) is 0 Å². The van der Waals surface area contributed by atoms with Crippen molar-refractivity contribution in [3.05, 3.63) is 35.4 Å². The molecule has 1 nitrogen and oxygen atoms in total. The smallest absolute Gasteiger partial charge is 0.0322 e. The molecule has 0 radical (unpaired) electrons. The highest BCUT2D eigenvalue weighted by Crippen LogP contribution is 2.24. The van der Waals surface area contributed by atoms with Crippen LogP contribution in [0.15, 0.2) is 24.3 Å². The minimum Gasteiger partial charge on any atom is -0.310 e. The zero-order valence-corrected chi connectivity index (χ0v) is 13.2. The van der Waals surface area contributed by atoms with E-state index in [1.54, 1.807) is 0 Å². The van der Waals surface area contributed by atoms with E-state index < -0.39 is 0 Å². The van der Waals surface area contributed by atoms with E-state index in [2.05, 4.69) is 57.3 Å². The van der Waals surface area contributed by atoms with Gasteiger partial charge in [0.15, 0.2) is 0 Å². The Balaban J connectivity index is 2.70. The molecule has 2 unspecified atom stereocenters. The van der Waals surface area contributed by atoms with E-state index in [0.29, 0.717) is 6.04 Å². The van der Waals surface area contributed by atoms with Gasteiger partial charge in [-0.1, -0.05) is 64.8 Å². The maximum absolute atomic E-state index is 3.71. The summed E-state index contributed by atoms with van der Waals surface area (Å²) in [6, 6.07) is 9.70. The average Bonchev–Trinajstić information content (AvgIpc) is 2.44. The summed E-state index contributed by atoms with van der Waals surface area (Å²) in [6.45, 7) is 10.2. The molecule has 108 valence electrons. The molecule has 0 heterocycles. The lowest BCUT2D eigenvalue weighted by Gasteiger charge is -2.23. The van der Waals surface area contributed by atoms with Crippen LogP contribution in [0.5, 0.6) is 0 Å². The van der Waals surface area contributed by atoms with Crippen LogP contribution >= 0.6 is 0 Å². The standard InChI is InChI=1S/C18H31N/c1-5-8-15(4)14-18(19-13-6-2)17-11-9-16(7-3)10-12-17/h9-12,15,18-19H,5-8,13-14H2,1-4H3.